The van der Waals surface area contributed by atoms with Crippen LogP contribution in [-0.4, -0.2) is 32.4 Å². The van der Waals surface area contributed by atoms with Crippen molar-refractivity contribution in [2.75, 3.05) is 11.6 Å². The van der Waals surface area contributed by atoms with E-state index in [-0.39, 0.29) is 5.91 Å². The second kappa shape index (κ2) is 6.80. The first-order valence-corrected chi connectivity index (χ1v) is 8.28. The van der Waals surface area contributed by atoms with E-state index in [9.17, 15) is 4.79 Å². The van der Waals surface area contributed by atoms with Crippen molar-refractivity contribution in [3.05, 3.63) is 59.1 Å². The third-order valence-corrected chi connectivity index (χ3v) is 4.04. The summed E-state index contributed by atoms with van der Waals surface area (Å²) >= 11 is 7.48. The molecule has 3 aromatic rings. The minimum Gasteiger partial charge on any atom is -0.322 e. The Morgan fingerprint density at radius 1 is 1.22 bits per heavy atom. The monoisotopic (exact) mass is 345 g/mol. The van der Waals surface area contributed by atoms with Gasteiger partial charge >= 0.3 is 0 Å². The van der Waals surface area contributed by atoms with Crippen molar-refractivity contribution in [1.29, 1.82) is 0 Å². The molecule has 0 spiro atoms. The molecular formula is C15H12ClN5OS. The van der Waals surface area contributed by atoms with Crippen LogP contribution in [0.15, 0.2) is 53.7 Å². The number of amides is 1. The molecule has 2 aromatic carbocycles. The number of hydrogen-bond acceptors (Lipinski definition) is 5. The van der Waals surface area contributed by atoms with Gasteiger partial charge < -0.3 is 5.32 Å². The van der Waals surface area contributed by atoms with E-state index in [1.165, 1.54) is 11.8 Å². The Morgan fingerprint density at radius 2 is 2.04 bits per heavy atom. The number of carbonyl (C=O) groups is 1. The van der Waals surface area contributed by atoms with Gasteiger partial charge in [-0.2, -0.15) is 4.68 Å². The maximum Gasteiger partial charge on any atom is 0.257 e. The molecule has 3 rings (SSSR count). The molecule has 1 aromatic heterocycles. The van der Waals surface area contributed by atoms with Crippen LogP contribution in [0.2, 0.25) is 5.02 Å². The zero-order valence-electron chi connectivity index (χ0n) is 12.1. The highest BCUT2D eigenvalue weighted by molar-refractivity contribution is 7.98. The number of halogens is 1. The van der Waals surface area contributed by atoms with Crippen molar-refractivity contribution in [3.63, 3.8) is 0 Å². The highest BCUT2D eigenvalue weighted by Gasteiger charge is 2.11. The lowest BCUT2D eigenvalue weighted by Gasteiger charge is -2.09. The van der Waals surface area contributed by atoms with Gasteiger partial charge in [-0.1, -0.05) is 41.6 Å². The first-order valence-electron chi connectivity index (χ1n) is 6.68. The molecule has 0 bridgehead atoms. The van der Waals surface area contributed by atoms with Crippen molar-refractivity contribution in [2.24, 2.45) is 0 Å². The lowest BCUT2D eigenvalue weighted by molar-refractivity contribution is 0.102. The summed E-state index contributed by atoms with van der Waals surface area (Å²) in [5, 5.41) is 15.4. The van der Waals surface area contributed by atoms with Crippen molar-refractivity contribution in [3.8, 4) is 5.69 Å². The fraction of sp³-hybridized carbons (Fsp3) is 0.0667. The summed E-state index contributed by atoms with van der Waals surface area (Å²) in [6.45, 7) is 0. The molecule has 0 aliphatic carbocycles. The average molecular weight is 346 g/mol. The third-order valence-electron chi connectivity index (χ3n) is 3.09. The van der Waals surface area contributed by atoms with Crippen LogP contribution in [0, 0.1) is 0 Å². The van der Waals surface area contributed by atoms with Crippen molar-refractivity contribution in [2.45, 2.75) is 5.16 Å². The summed E-state index contributed by atoms with van der Waals surface area (Å²) in [6, 6.07) is 14.2. The summed E-state index contributed by atoms with van der Waals surface area (Å²) in [7, 11) is 0. The summed E-state index contributed by atoms with van der Waals surface area (Å²) in [6.07, 6.45) is 1.89. The number of anilines is 1. The Hall–Kier alpha value is -2.38. The maximum absolute atomic E-state index is 12.3. The summed E-state index contributed by atoms with van der Waals surface area (Å²) in [5.74, 6) is -0.269. The maximum atomic E-state index is 12.3. The number of rotatable bonds is 4. The molecule has 1 heterocycles. The van der Waals surface area contributed by atoms with E-state index in [0.717, 1.165) is 5.69 Å². The smallest absolute Gasteiger partial charge is 0.257 e. The van der Waals surface area contributed by atoms with Crippen molar-refractivity contribution in [1.82, 2.24) is 20.2 Å². The van der Waals surface area contributed by atoms with Gasteiger partial charge in [-0.05, 0) is 47.0 Å². The lowest BCUT2D eigenvalue weighted by Crippen LogP contribution is -2.12. The van der Waals surface area contributed by atoms with Crippen LogP contribution in [-0.2, 0) is 0 Å². The minimum absolute atomic E-state index is 0.269. The number of hydrogen-bond donors (Lipinski definition) is 1. The van der Waals surface area contributed by atoms with Gasteiger partial charge in [0.25, 0.3) is 5.91 Å². The van der Waals surface area contributed by atoms with Gasteiger partial charge in [-0.25, -0.2) is 0 Å². The summed E-state index contributed by atoms with van der Waals surface area (Å²) in [4.78, 5) is 12.3. The number of tetrazole rings is 1. The van der Waals surface area contributed by atoms with E-state index in [1.54, 1.807) is 41.1 Å². The minimum atomic E-state index is -0.269. The van der Waals surface area contributed by atoms with Crippen LogP contribution in [0.5, 0.6) is 0 Å². The molecule has 1 amide bonds. The number of carbonyl (C=O) groups excluding carboxylic acids is 1. The molecule has 0 atom stereocenters. The highest BCUT2D eigenvalue weighted by Crippen LogP contribution is 2.20. The summed E-state index contributed by atoms with van der Waals surface area (Å²) in [5.41, 5.74) is 1.82. The fourth-order valence-corrected chi connectivity index (χ4v) is 2.68. The van der Waals surface area contributed by atoms with E-state index >= 15 is 0 Å². The Morgan fingerprint density at radius 3 is 2.83 bits per heavy atom. The molecule has 23 heavy (non-hydrogen) atoms. The molecule has 0 aliphatic rings. The predicted octanol–water partition coefficient (Wildman–Crippen LogP) is 3.29. The fourth-order valence-electron chi connectivity index (χ4n) is 2.03. The quantitative estimate of drug-likeness (QED) is 0.734. The molecule has 0 saturated heterocycles. The van der Waals surface area contributed by atoms with Gasteiger partial charge in [0.15, 0.2) is 0 Å². The molecule has 0 radical (unpaired) electrons. The second-order valence-corrected chi connectivity index (χ2v) is 5.74. The first kappa shape index (κ1) is 15.5. The van der Waals surface area contributed by atoms with Crippen LogP contribution < -0.4 is 5.32 Å². The molecule has 6 nitrogen and oxygen atoms in total. The normalized spacial score (nSPS) is 10.5. The average Bonchev–Trinajstić information content (AvgIpc) is 3.04. The van der Waals surface area contributed by atoms with E-state index in [0.29, 0.717) is 21.4 Å². The Balaban J connectivity index is 1.86. The molecule has 0 unspecified atom stereocenters. The topological polar surface area (TPSA) is 72.7 Å². The molecule has 0 aliphatic heterocycles. The van der Waals surface area contributed by atoms with Gasteiger partial charge in [-0.3, -0.25) is 4.79 Å². The zero-order chi connectivity index (χ0) is 16.2. The number of aromatic nitrogens is 4. The molecule has 0 fully saturated rings. The van der Waals surface area contributed by atoms with Crippen LogP contribution in [0.3, 0.4) is 0 Å². The number of benzene rings is 2. The predicted molar refractivity (Wildman–Crippen MR) is 90.3 cm³/mol. The molecule has 116 valence electrons. The van der Waals surface area contributed by atoms with Gasteiger partial charge in [0, 0.05) is 5.69 Å². The second-order valence-electron chi connectivity index (χ2n) is 4.56. The Labute approximate surface area is 141 Å². The lowest BCUT2D eigenvalue weighted by atomic mass is 10.2. The van der Waals surface area contributed by atoms with Crippen LogP contribution in [0.1, 0.15) is 10.4 Å². The Kier molecular flexibility index (Phi) is 4.59. The van der Waals surface area contributed by atoms with Crippen molar-refractivity contribution < 1.29 is 4.79 Å². The Bertz CT molecular complexity index is 851. The van der Waals surface area contributed by atoms with Gasteiger partial charge in [0.1, 0.15) is 0 Å². The van der Waals surface area contributed by atoms with Gasteiger partial charge in [0.2, 0.25) is 5.16 Å². The largest absolute Gasteiger partial charge is 0.322 e. The molecular weight excluding hydrogens is 334 g/mol. The first-order chi connectivity index (χ1) is 11.2. The standard InChI is InChI=1S/C15H12ClN5OS/c1-23-15-18-19-20-21(15)11-6-4-5-10(9-11)17-14(22)12-7-2-3-8-13(12)16/h2-9H,1H3,(H,17,22). The third kappa shape index (κ3) is 3.35. The number of nitrogens with zero attached hydrogens (tertiary/aromatic N) is 4. The SMILES string of the molecule is CSc1nnnn1-c1cccc(NC(=O)c2ccccc2Cl)c1. The van der Waals surface area contributed by atoms with Gasteiger partial charge in [0.05, 0.1) is 16.3 Å². The van der Waals surface area contributed by atoms with E-state index in [4.69, 9.17) is 11.6 Å². The number of thioether (sulfide) groups is 1. The molecule has 1 N–H and O–H groups in total. The zero-order valence-corrected chi connectivity index (χ0v) is 13.7. The van der Waals surface area contributed by atoms with Crippen molar-refractivity contribution >= 4 is 35.0 Å². The highest BCUT2D eigenvalue weighted by atomic mass is 35.5. The van der Waals surface area contributed by atoms with Crippen LogP contribution >= 0.6 is 23.4 Å². The van der Waals surface area contributed by atoms with E-state index in [2.05, 4.69) is 20.8 Å². The van der Waals surface area contributed by atoms with Crippen LogP contribution in [0.25, 0.3) is 5.69 Å². The molecule has 8 heteroatoms. The van der Waals surface area contributed by atoms with E-state index < -0.39 is 0 Å². The van der Waals surface area contributed by atoms with Gasteiger partial charge in [-0.15, -0.1) is 5.10 Å². The number of nitrogens with one attached hydrogen (secondary N) is 1. The van der Waals surface area contributed by atoms with E-state index in [1.807, 2.05) is 18.4 Å². The molecule has 0 saturated carbocycles. The van der Waals surface area contributed by atoms with Crippen LogP contribution in [0.4, 0.5) is 5.69 Å². The summed E-state index contributed by atoms with van der Waals surface area (Å²) < 4.78 is 1.61.